The monoisotopic (exact) mass is 638 g/mol. The zero-order chi connectivity index (χ0) is 33.6. The molecule has 0 radical (unpaired) electrons. The maximum atomic E-state index is 17.2. The van der Waals surface area contributed by atoms with Gasteiger partial charge in [-0.1, -0.05) is 109 Å². The molecule has 7 rings (SSSR count). The van der Waals surface area contributed by atoms with Crippen LogP contribution in [0, 0.1) is 69.5 Å². The van der Waals surface area contributed by atoms with E-state index in [-0.39, 0.29) is 33.5 Å². The van der Waals surface area contributed by atoms with Crippen LogP contribution in [0.1, 0.15) is 117 Å². The lowest BCUT2D eigenvalue weighted by atomic mass is 9.32. The Morgan fingerprint density at radius 2 is 1.53 bits per heavy atom. The fourth-order valence-corrected chi connectivity index (χ4v) is 13.4. The van der Waals surface area contributed by atoms with Crippen LogP contribution in [-0.4, -0.2) is 12.1 Å². The molecule has 4 saturated carbocycles. The minimum absolute atomic E-state index is 0.0288. The van der Waals surface area contributed by atoms with Crippen molar-refractivity contribution in [1.82, 2.24) is 0 Å². The number of hydrogen-bond acceptors (Lipinski definition) is 2. The van der Waals surface area contributed by atoms with Gasteiger partial charge in [-0.2, -0.15) is 0 Å². The van der Waals surface area contributed by atoms with Gasteiger partial charge >= 0.3 is 5.97 Å². The second kappa shape index (κ2) is 11.3. The van der Waals surface area contributed by atoms with E-state index in [0.717, 1.165) is 56.9 Å². The van der Waals surface area contributed by atoms with Gasteiger partial charge in [-0.05, 0) is 133 Å². The number of aryl methyl sites for hydroxylation is 1. The van der Waals surface area contributed by atoms with Gasteiger partial charge in [0.25, 0.3) is 0 Å². The molecular weight excluding hydrogens is 579 g/mol. The molecule has 47 heavy (non-hydrogen) atoms. The molecule has 2 nitrogen and oxygen atoms in total. The van der Waals surface area contributed by atoms with Crippen molar-refractivity contribution in [3.05, 3.63) is 77.4 Å². The number of alkyl halides is 1. The lowest BCUT2D eigenvalue weighted by molar-refractivity contribution is -0.240. The lowest BCUT2D eigenvalue weighted by Crippen LogP contribution is -2.67. The number of esters is 1. The molecule has 0 aromatic heterocycles. The van der Waals surface area contributed by atoms with Crippen LogP contribution < -0.4 is 0 Å². The molecule has 0 amide bonds. The molecule has 2 aromatic rings. The Kier molecular flexibility index (Phi) is 7.96. The fourth-order valence-electron chi connectivity index (χ4n) is 13.4. The minimum atomic E-state index is -0.966. The third-order valence-electron chi connectivity index (χ3n) is 16.0. The molecular formula is C44H59FO2. The van der Waals surface area contributed by atoms with Gasteiger partial charge in [0, 0.05) is 5.41 Å². The number of halogens is 1. The minimum Gasteiger partial charge on any atom is -0.460 e. The number of benzene rings is 2. The number of allylic oxidation sites excluding steroid dienone is 2. The van der Waals surface area contributed by atoms with Crippen molar-refractivity contribution in [3.63, 3.8) is 0 Å². The van der Waals surface area contributed by atoms with Crippen LogP contribution in [0.3, 0.4) is 0 Å². The van der Waals surface area contributed by atoms with Crippen LogP contribution in [-0.2, 0) is 16.1 Å². The van der Waals surface area contributed by atoms with Crippen molar-refractivity contribution >= 4 is 11.5 Å². The van der Waals surface area contributed by atoms with Gasteiger partial charge in [0.2, 0.25) is 0 Å². The quantitative estimate of drug-likeness (QED) is 0.305. The summed E-state index contributed by atoms with van der Waals surface area (Å²) in [6.45, 7) is 19.5. The molecule has 0 aliphatic heterocycles. The van der Waals surface area contributed by atoms with Crippen LogP contribution in [0.4, 0.5) is 4.39 Å². The van der Waals surface area contributed by atoms with Crippen LogP contribution >= 0.6 is 0 Å². The first-order valence-electron chi connectivity index (χ1n) is 18.8. The van der Waals surface area contributed by atoms with Crippen molar-refractivity contribution in [2.45, 2.75) is 120 Å². The number of carbonyl (C=O) groups excluding carboxylic acids is 1. The Balaban J connectivity index is 1.23. The van der Waals surface area contributed by atoms with E-state index < -0.39 is 11.6 Å². The van der Waals surface area contributed by atoms with Crippen molar-refractivity contribution in [2.24, 2.45) is 62.6 Å². The average molecular weight is 639 g/mol. The summed E-state index contributed by atoms with van der Waals surface area (Å²) in [5, 5.41) is 0. The van der Waals surface area contributed by atoms with E-state index in [9.17, 15) is 4.79 Å². The second-order valence-corrected chi connectivity index (χ2v) is 18.3. The zero-order valence-electron chi connectivity index (χ0n) is 30.4. The Hall–Kier alpha value is -2.42. The predicted octanol–water partition coefficient (Wildman–Crippen LogP) is 11.4. The SMILES string of the molecule is Cc1ccc(C2=CC(F)[C@]3(C)[C@H]4CC[C@@H]5[C@H]6[C@H](C(C)C)CC[C@]6(C(=O)OCc6ccccc6)CC[C@@]5(C)[C@]4(C)CC[C@H]3C2(C)C)cc1. The number of ether oxygens (including phenoxy) is 1. The number of hydrogen-bond donors (Lipinski definition) is 0. The molecule has 0 N–H and O–H groups in total. The highest BCUT2D eigenvalue weighted by molar-refractivity contribution is 5.78. The molecule has 2 aromatic carbocycles. The summed E-state index contributed by atoms with van der Waals surface area (Å²) < 4.78 is 23.4. The van der Waals surface area contributed by atoms with Gasteiger partial charge in [0.05, 0.1) is 5.41 Å². The van der Waals surface area contributed by atoms with Gasteiger partial charge in [0.15, 0.2) is 0 Å². The Bertz CT molecular complexity index is 1520. The largest absolute Gasteiger partial charge is 0.460 e. The summed E-state index contributed by atoms with van der Waals surface area (Å²) in [5.41, 5.74) is 3.86. The Morgan fingerprint density at radius 1 is 0.830 bits per heavy atom. The van der Waals surface area contributed by atoms with Crippen LogP contribution in [0.15, 0.2) is 60.7 Å². The first-order valence-corrected chi connectivity index (χ1v) is 18.8. The second-order valence-electron chi connectivity index (χ2n) is 18.3. The summed E-state index contributed by atoms with van der Waals surface area (Å²) in [6.07, 6.45) is 9.44. The normalized spacial score (nSPS) is 42.0. The summed E-state index contributed by atoms with van der Waals surface area (Å²) in [7, 11) is 0. The molecule has 1 unspecified atom stereocenters. The molecule has 0 bridgehead atoms. The van der Waals surface area contributed by atoms with Gasteiger partial charge in [-0.3, -0.25) is 4.79 Å². The molecule has 4 fully saturated rings. The third-order valence-corrected chi connectivity index (χ3v) is 16.0. The maximum absolute atomic E-state index is 17.2. The van der Waals surface area contributed by atoms with Crippen LogP contribution in [0.5, 0.6) is 0 Å². The first kappa shape index (κ1) is 33.1. The van der Waals surface area contributed by atoms with Crippen LogP contribution in [0.2, 0.25) is 0 Å². The zero-order valence-corrected chi connectivity index (χ0v) is 30.4. The summed E-state index contributed by atoms with van der Waals surface area (Å²) >= 11 is 0. The third kappa shape index (κ3) is 4.63. The Morgan fingerprint density at radius 3 is 2.21 bits per heavy atom. The molecule has 3 heteroatoms. The van der Waals surface area contributed by atoms with E-state index >= 15 is 4.39 Å². The number of carbonyl (C=O) groups is 1. The van der Waals surface area contributed by atoms with Crippen molar-refractivity contribution < 1.29 is 13.9 Å². The maximum Gasteiger partial charge on any atom is 0.312 e. The molecule has 0 spiro atoms. The van der Waals surface area contributed by atoms with E-state index in [1.165, 1.54) is 16.7 Å². The fraction of sp³-hybridized carbons (Fsp3) is 0.659. The molecule has 5 aliphatic rings. The van der Waals surface area contributed by atoms with Crippen LogP contribution in [0.25, 0.3) is 5.57 Å². The van der Waals surface area contributed by atoms with E-state index in [0.29, 0.717) is 36.2 Å². The van der Waals surface area contributed by atoms with E-state index in [1.807, 2.05) is 24.3 Å². The van der Waals surface area contributed by atoms with Gasteiger partial charge < -0.3 is 4.74 Å². The molecule has 254 valence electrons. The Labute approximate surface area is 284 Å². The van der Waals surface area contributed by atoms with Gasteiger partial charge in [0.1, 0.15) is 12.8 Å². The summed E-state index contributed by atoms with van der Waals surface area (Å²) in [5.74, 6) is 2.51. The van der Waals surface area contributed by atoms with Gasteiger partial charge in [-0.15, -0.1) is 0 Å². The molecule has 5 aliphatic carbocycles. The molecule has 0 heterocycles. The summed E-state index contributed by atoms with van der Waals surface area (Å²) in [4.78, 5) is 14.3. The average Bonchev–Trinajstić information content (AvgIpc) is 3.44. The van der Waals surface area contributed by atoms with Crippen molar-refractivity contribution in [3.8, 4) is 0 Å². The highest BCUT2D eigenvalue weighted by atomic mass is 19.1. The van der Waals surface area contributed by atoms with Gasteiger partial charge in [-0.25, -0.2) is 4.39 Å². The van der Waals surface area contributed by atoms with E-state index in [2.05, 4.69) is 91.8 Å². The van der Waals surface area contributed by atoms with E-state index in [1.54, 1.807) is 0 Å². The first-order chi connectivity index (χ1) is 22.2. The topological polar surface area (TPSA) is 26.3 Å². The lowest BCUT2D eigenvalue weighted by Gasteiger charge is -2.72. The van der Waals surface area contributed by atoms with Crippen molar-refractivity contribution in [2.75, 3.05) is 0 Å². The summed E-state index contributed by atoms with van der Waals surface area (Å²) in [6, 6.07) is 18.9. The number of rotatable bonds is 5. The molecule has 10 atom stereocenters. The molecule has 0 saturated heterocycles. The highest BCUT2D eigenvalue weighted by Gasteiger charge is 2.73. The predicted molar refractivity (Wildman–Crippen MR) is 190 cm³/mol. The van der Waals surface area contributed by atoms with Crippen molar-refractivity contribution in [1.29, 1.82) is 0 Å². The van der Waals surface area contributed by atoms with E-state index in [4.69, 9.17) is 4.74 Å². The highest BCUT2D eigenvalue weighted by Crippen LogP contribution is 2.78. The smallest absolute Gasteiger partial charge is 0.312 e. The standard InChI is InChI=1S/C44H59FO2/c1-28(2)32-20-23-44(39(46)47-27-30-12-10-9-11-13-30)25-24-41(6)33(38(32)44)18-19-36-42(41,7)22-21-35-40(4,5)34(26-37(45)43(35,36)8)31-16-14-29(3)15-17-31/h9-17,26,28,32-33,35-38H,18-25,27H2,1-8H3/t32-,33+,35-,36-,37?,38+,41+,42+,43-,44-/m0/s1. The number of fused-ring (bicyclic) bond motifs is 7.